The van der Waals surface area contributed by atoms with E-state index in [0.29, 0.717) is 25.7 Å². The number of nitrogens with one attached hydrogen (secondary N) is 4. The van der Waals surface area contributed by atoms with Gasteiger partial charge in [-0.15, -0.1) is 0 Å². The zero-order valence-electron chi connectivity index (χ0n) is 35.5. The molecule has 1 aromatic heterocycles. The van der Waals surface area contributed by atoms with E-state index in [4.69, 9.17) is 28.4 Å². The maximum atomic E-state index is 13.4. The topological polar surface area (TPSA) is 425 Å². The van der Waals surface area contributed by atoms with Gasteiger partial charge in [-0.1, -0.05) is 25.7 Å². The Bertz CT molecular complexity index is 1810. The number of carbonyl (C=O) groups is 4. The third-order valence-electron chi connectivity index (χ3n) is 11.1. The number of carboxylic acids is 1. The van der Waals surface area contributed by atoms with E-state index in [1.807, 2.05) is 4.98 Å². The number of hydrogen-bond acceptors (Lipinski definition) is 22. The van der Waals surface area contributed by atoms with Gasteiger partial charge >= 0.3 is 17.6 Å². The van der Waals surface area contributed by atoms with Gasteiger partial charge in [0, 0.05) is 32.4 Å². The van der Waals surface area contributed by atoms with Gasteiger partial charge in [0.15, 0.2) is 12.6 Å². The lowest BCUT2D eigenvalue weighted by molar-refractivity contribution is -0.382. The van der Waals surface area contributed by atoms with Crippen LogP contribution in [0.4, 0.5) is 0 Å². The molecule has 16 atom stereocenters. The minimum Gasteiger partial charge on any atom is -0.477 e. The molecule has 0 saturated carbocycles. The minimum absolute atomic E-state index is 0.0124. The van der Waals surface area contributed by atoms with Crippen LogP contribution in [-0.4, -0.2) is 216 Å². The number of H-pyrrole nitrogens is 2. The van der Waals surface area contributed by atoms with Crippen molar-refractivity contribution in [2.24, 2.45) is 0 Å². The molecule has 3 aliphatic rings. The van der Waals surface area contributed by atoms with Crippen LogP contribution in [0.1, 0.15) is 68.8 Å². The zero-order valence-corrected chi connectivity index (χ0v) is 35.5. The van der Waals surface area contributed by atoms with E-state index in [1.165, 1.54) is 7.11 Å². The molecule has 0 spiro atoms. The Labute approximate surface area is 369 Å². The summed E-state index contributed by atoms with van der Waals surface area (Å²) in [6.07, 6.45) is -22.2. The van der Waals surface area contributed by atoms with Crippen LogP contribution in [0.25, 0.3) is 0 Å². The number of ether oxygens (including phenoxy) is 7. The first-order valence-electron chi connectivity index (χ1n) is 20.9. The molecule has 4 rings (SSSR count). The fraction of sp³-hybridized carbons (Fsp3) is 0.789. The normalized spacial score (nSPS) is 33.7. The number of carboxylic acid groups (broad SMARTS) is 1. The first-order chi connectivity index (χ1) is 30.8. The molecule has 0 aromatic carbocycles. The van der Waals surface area contributed by atoms with Crippen molar-refractivity contribution in [2.45, 2.75) is 156 Å². The number of amides is 2. The van der Waals surface area contributed by atoms with Crippen LogP contribution in [0.2, 0.25) is 0 Å². The Morgan fingerprint density at radius 1 is 0.846 bits per heavy atom. The highest BCUT2D eigenvalue weighted by Crippen LogP contribution is 2.38. The number of unbranched alkanes of at least 4 members (excludes halogenated alkanes) is 5. The number of carbonyl (C=O) groups excluding carboxylic acids is 3. The average molecular weight is 941 g/mol. The number of hydrogen-bond donors (Lipinski definition) is 14. The lowest BCUT2D eigenvalue weighted by Crippen LogP contribution is -2.71. The molecule has 11 unspecified atom stereocenters. The molecule has 0 aliphatic carbocycles. The van der Waals surface area contributed by atoms with Crippen LogP contribution in [-0.2, 0) is 47.5 Å². The standard InChI is InChI=1S/C38H60N4O23/c1-16(46)39-24-18(47)12-38(36(56)57,64-31(24)26(51)19(48)13-43)65-32-27(52)20(14-44)61-35(29(32)54)63-30-21(15-45)62-34(60-10-8-6-4-3-5-7-9-23(50)59-2)25(28(30)53)42-33(55)17-11-22(49)41-37(58)40-17/h11,18-21,24-32,34-35,43-45,47-48,51-54H,3-10,12-15H2,1-2H3,(H,39,46)(H,42,55)(H,56,57)(H2,40,41,49,58)/t18?,19?,20?,21?,24-,25?,26?,27-,28?,29?,30+,31?,32?,34-,35?,38+/m1/s1. The number of aliphatic hydroxyl groups excluding tert-OH is 9. The summed E-state index contributed by atoms with van der Waals surface area (Å²) in [7, 11) is 1.31. The molecule has 27 nitrogen and oxygen atoms in total. The second kappa shape index (κ2) is 24.6. The van der Waals surface area contributed by atoms with Crippen LogP contribution < -0.4 is 21.9 Å². The van der Waals surface area contributed by atoms with Crippen molar-refractivity contribution in [3.8, 4) is 0 Å². The summed E-state index contributed by atoms with van der Waals surface area (Å²) in [6.45, 7) is -2.04. The zero-order chi connectivity index (χ0) is 48.2. The third-order valence-corrected chi connectivity index (χ3v) is 11.1. The van der Waals surface area contributed by atoms with E-state index < -0.39 is 159 Å². The molecule has 3 aliphatic heterocycles. The van der Waals surface area contributed by atoms with Gasteiger partial charge in [0.25, 0.3) is 17.3 Å². The first kappa shape index (κ1) is 53.6. The predicted molar refractivity (Wildman–Crippen MR) is 211 cm³/mol. The van der Waals surface area contributed by atoms with Gasteiger partial charge in [0.2, 0.25) is 5.91 Å². The van der Waals surface area contributed by atoms with Crippen LogP contribution >= 0.6 is 0 Å². The SMILES string of the molecule is COC(=O)CCCCCCCCO[C@@H]1OC(CO)[C@H](OC2OC(CO)[C@@H](O)C(O[C@]3(C(=O)O)CC(O)[C@@H](NC(C)=O)C(C(O)C(O)CO)O3)C2O)C(O)C1NC(=O)c1cc(=O)[nH]c(=O)[nH]1. The number of methoxy groups -OCH3 is 1. The van der Waals surface area contributed by atoms with E-state index in [9.17, 15) is 79.8 Å². The summed E-state index contributed by atoms with van der Waals surface area (Å²) in [5.41, 5.74) is -2.53. The van der Waals surface area contributed by atoms with Gasteiger partial charge < -0.3 is 99.8 Å². The van der Waals surface area contributed by atoms with E-state index in [1.54, 1.807) is 0 Å². The Morgan fingerprint density at radius 2 is 1.49 bits per heavy atom. The number of rotatable bonds is 23. The number of aromatic amines is 2. The quantitative estimate of drug-likeness (QED) is 0.0358. The van der Waals surface area contributed by atoms with E-state index in [2.05, 4.69) is 20.4 Å². The maximum absolute atomic E-state index is 13.4. The summed E-state index contributed by atoms with van der Waals surface area (Å²) in [5, 5.41) is 112. The first-order valence-corrected chi connectivity index (χ1v) is 20.9. The summed E-state index contributed by atoms with van der Waals surface area (Å²) >= 11 is 0. The Kier molecular flexibility index (Phi) is 20.3. The van der Waals surface area contributed by atoms with E-state index in [0.717, 1.165) is 32.3 Å². The number of aromatic nitrogens is 2. The average Bonchev–Trinajstić information content (AvgIpc) is 3.26. The molecule has 3 saturated heterocycles. The molecule has 0 bridgehead atoms. The van der Waals surface area contributed by atoms with Gasteiger partial charge in [-0.2, -0.15) is 0 Å². The summed E-state index contributed by atoms with van der Waals surface area (Å²) in [5.74, 6) is -7.34. The second-order valence-corrected chi connectivity index (χ2v) is 15.8. The largest absolute Gasteiger partial charge is 0.477 e. The minimum atomic E-state index is -3.12. The number of aliphatic hydroxyl groups is 9. The van der Waals surface area contributed by atoms with Crippen LogP contribution in [0, 0.1) is 0 Å². The van der Waals surface area contributed by atoms with Crippen molar-refractivity contribution in [3.05, 3.63) is 32.6 Å². The highest BCUT2D eigenvalue weighted by atomic mass is 16.8. The van der Waals surface area contributed by atoms with Crippen molar-refractivity contribution in [1.82, 2.24) is 20.6 Å². The van der Waals surface area contributed by atoms with Crippen LogP contribution in [0.3, 0.4) is 0 Å². The van der Waals surface area contributed by atoms with Gasteiger partial charge in [-0.3, -0.25) is 24.2 Å². The monoisotopic (exact) mass is 940 g/mol. The predicted octanol–water partition coefficient (Wildman–Crippen LogP) is -6.48. The van der Waals surface area contributed by atoms with Gasteiger partial charge in [0.1, 0.15) is 72.8 Å². The van der Waals surface area contributed by atoms with Gasteiger partial charge in [-0.05, 0) is 12.8 Å². The smallest absolute Gasteiger partial charge is 0.364 e. The van der Waals surface area contributed by atoms with Gasteiger partial charge in [0.05, 0.1) is 39.1 Å². The van der Waals surface area contributed by atoms with Crippen molar-refractivity contribution < 1.29 is 103 Å². The summed E-state index contributed by atoms with van der Waals surface area (Å²) in [4.78, 5) is 77.6. The second-order valence-electron chi connectivity index (χ2n) is 15.8. The molecule has 65 heavy (non-hydrogen) atoms. The Hall–Kier alpha value is -4.04. The molecule has 3 fully saturated rings. The van der Waals surface area contributed by atoms with E-state index >= 15 is 0 Å². The fourth-order valence-corrected chi connectivity index (χ4v) is 7.66. The summed E-state index contributed by atoms with van der Waals surface area (Å²) in [6, 6.07) is -2.49. The molecular weight excluding hydrogens is 880 g/mol. The molecule has 0 radical (unpaired) electrons. The molecule has 1 aromatic rings. The fourth-order valence-electron chi connectivity index (χ4n) is 7.66. The molecule has 27 heteroatoms. The van der Waals surface area contributed by atoms with Crippen molar-refractivity contribution in [2.75, 3.05) is 33.5 Å². The number of aliphatic carboxylic acids is 1. The van der Waals surface area contributed by atoms with Crippen molar-refractivity contribution >= 4 is 23.8 Å². The molecule has 2 amide bonds. The highest BCUT2D eigenvalue weighted by Gasteiger charge is 2.60. The van der Waals surface area contributed by atoms with Crippen LogP contribution in [0.15, 0.2) is 15.7 Å². The van der Waals surface area contributed by atoms with Crippen molar-refractivity contribution in [1.29, 1.82) is 0 Å². The Balaban J connectivity index is 1.58. The number of esters is 1. The molecule has 14 N–H and O–H groups in total. The summed E-state index contributed by atoms with van der Waals surface area (Å²) < 4.78 is 39.3. The highest BCUT2D eigenvalue weighted by molar-refractivity contribution is 5.92. The molecule has 4 heterocycles. The lowest BCUT2D eigenvalue weighted by atomic mass is 9.88. The molecular formula is C38H60N4O23. The van der Waals surface area contributed by atoms with Crippen molar-refractivity contribution in [3.63, 3.8) is 0 Å². The third kappa shape index (κ3) is 13.8. The van der Waals surface area contributed by atoms with Gasteiger partial charge in [-0.25, -0.2) is 9.59 Å². The molecule has 370 valence electrons. The van der Waals surface area contributed by atoms with Crippen LogP contribution in [0.5, 0.6) is 0 Å². The Morgan fingerprint density at radius 3 is 2.09 bits per heavy atom. The lowest BCUT2D eigenvalue weighted by Gasteiger charge is -2.51. The van der Waals surface area contributed by atoms with E-state index in [-0.39, 0.29) is 12.6 Å². The maximum Gasteiger partial charge on any atom is 0.364 e.